The summed E-state index contributed by atoms with van der Waals surface area (Å²) >= 11 is 0. The lowest BCUT2D eigenvalue weighted by atomic mass is 10.0. The molecule has 0 amide bonds. The molecule has 1 atom stereocenters. The van der Waals surface area contributed by atoms with Gasteiger partial charge in [0.15, 0.2) is 0 Å². The van der Waals surface area contributed by atoms with Gasteiger partial charge in [0.25, 0.3) is 0 Å². The topological polar surface area (TPSA) is 20.2 Å². The zero-order chi connectivity index (χ0) is 9.42. The second kappa shape index (κ2) is 3.00. The minimum absolute atomic E-state index is 0.242. The highest BCUT2D eigenvalue weighted by molar-refractivity contribution is 5.63. The first-order valence-corrected chi connectivity index (χ1v) is 4.65. The van der Waals surface area contributed by atoms with Gasteiger partial charge in [0, 0.05) is 0 Å². The molecule has 0 heterocycles. The second-order valence-corrected chi connectivity index (χ2v) is 3.75. The molecule has 1 aromatic carbocycles. The third-order valence-electron chi connectivity index (χ3n) is 2.68. The number of rotatable bonds is 1. The summed E-state index contributed by atoms with van der Waals surface area (Å²) in [7, 11) is 0. The number of aliphatic hydroxyl groups excluding tert-OH is 1. The van der Waals surface area contributed by atoms with Gasteiger partial charge in [0.1, 0.15) is 0 Å². The Bertz CT molecular complexity index is 352. The Labute approximate surface area is 78.7 Å². The van der Waals surface area contributed by atoms with Crippen molar-refractivity contribution in [2.75, 3.05) is 0 Å². The average Bonchev–Trinajstić information content (AvgIpc) is 2.47. The van der Waals surface area contributed by atoms with Crippen LogP contribution in [0.4, 0.5) is 0 Å². The highest BCUT2D eigenvalue weighted by Crippen LogP contribution is 2.32. The molecule has 1 nitrogen and oxygen atoms in total. The number of aryl methyl sites for hydroxylation is 1. The van der Waals surface area contributed by atoms with Crippen LogP contribution < -0.4 is 0 Å². The molecule has 0 saturated carbocycles. The molecule has 1 aromatic rings. The van der Waals surface area contributed by atoms with E-state index in [1.54, 1.807) is 0 Å². The van der Waals surface area contributed by atoms with Gasteiger partial charge >= 0.3 is 0 Å². The first kappa shape index (κ1) is 8.52. The molecule has 0 fully saturated rings. The molecule has 0 bridgehead atoms. The zero-order valence-corrected chi connectivity index (χ0v) is 7.88. The fourth-order valence-electron chi connectivity index (χ4n) is 1.86. The summed E-state index contributed by atoms with van der Waals surface area (Å²) in [4.78, 5) is 0. The molecule has 13 heavy (non-hydrogen) atoms. The molecule has 1 N–H and O–H groups in total. The summed E-state index contributed by atoms with van der Waals surface area (Å²) in [6.07, 6.45) is 1.63. The first-order chi connectivity index (χ1) is 6.18. The molecule has 68 valence electrons. The van der Waals surface area contributed by atoms with Crippen molar-refractivity contribution in [3.8, 4) is 0 Å². The minimum atomic E-state index is -0.242. The van der Waals surface area contributed by atoms with Crippen molar-refractivity contribution in [1.29, 1.82) is 0 Å². The maximum atomic E-state index is 9.59. The first-order valence-electron chi connectivity index (χ1n) is 4.65. The van der Waals surface area contributed by atoms with Crippen LogP contribution in [0.25, 0.3) is 5.57 Å². The normalized spacial score (nSPS) is 20.0. The Kier molecular flexibility index (Phi) is 1.97. The standard InChI is InChI=1S/C12H14O/c1-8(2)9-3-5-11-10(7-9)4-6-12(11)13/h3,5,7,12-13H,1,4,6H2,2H3. The predicted molar refractivity (Wildman–Crippen MR) is 54.4 cm³/mol. The van der Waals surface area contributed by atoms with Crippen molar-refractivity contribution in [3.05, 3.63) is 41.5 Å². The highest BCUT2D eigenvalue weighted by atomic mass is 16.3. The number of benzene rings is 1. The van der Waals surface area contributed by atoms with Crippen LogP contribution >= 0.6 is 0 Å². The Morgan fingerprint density at radius 2 is 2.31 bits per heavy atom. The van der Waals surface area contributed by atoms with E-state index in [-0.39, 0.29) is 6.10 Å². The summed E-state index contributed by atoms with van der Waals surface area (Å²) in [6, 6.07) is 6.21. The molecule has 0 aliphatic heterocycles. The van der Waals surface area contributed by atoms with E-state index in [1.807, 2.05) is 19.1 Å². The fourth-order valence-corrected chi connectivity index (χ4v) is 1.86. The van der Waals surface area contributed by atoms with Crippen molar-refractivity contribution in [2.24, 2.45) is 0 Å². The quantitative estimate of drug-likeness (QED) is 0.694. The smallest absolute Gasteiger partial charge is 0.0795 e. The van der Waals surface area contributed by atoms with Gasteiger partial charge in [-0.3, -0.25) is 0 Å². The lowest BCUT2D eigenvalue weighted by molar-refractivity contribution is 0.180. The van der Waals surface area contributed by atoms with Crippen LogP contribution in [0.2, 0.25) is 0 Å². The Morgan fingerprint density at radius 3 is 3.00 bits per heavy atom. The Morgan fingerprint density at radius 1 is 1.54 bits per heavy atom. The van der Waals surface area contributed by atoms with E-state index in [4.69, 9.17) is 0 Å². The summed E-state index contributed by atoms with van der Waals surface area (Å²) in [5.41, 5.74) is 4.66. The van der Waals surface area contributed by atoms with E-state index in [0.29, 0.717) is 0 Å². The van der Waals surface area contributed by atoms with Gasteiger partial charge in [0.05, 0.1) is 6.10 Å². The van der Waals surface area contributed by atoms with Gasteiger partial charge in [-0.2, -0.15) is 0 Å². The predicted octanol–water partition coefficient (Wildman–Crippen LogP) is 2.70. The fraction of sp³-hybridized carbons (Fsp3) is 0.333. The molecule has 0 spiro atoms. The number of hydrogen-bond donors (Lipinski definition) is 1. The molecule has 0 aromatic heterocycles. The highest BCUT2D eigenvalue weighted by Gasteiger charge is 2.19. The van der Waals surface area contributed by atoms with Crippen LogP contribution in [0, 0.1) is 0 Å². The Balaban J connectivity index is 2.45. The monoisotopic (exact) mass is 174 g/mol. The van der Waals surface area contributed by atoms with Crippen molar-refractivity contribution in [1.82, 2.24) is 0 Å². The molecule has 0 radical (unpaired) electrons. The molecule has 1 aliphatic carbocycles. The molecule has 2 rings (SSSR count). The second-order valence-electron chi connectivity index (χ2n) is 3.75. The Hall–Kier alpha value is -1.08. The largest absolute Gasteiger partial charge is 0.388 e. The maximum Gasteiger partial charge on any atom is 0.0795 e. The number of aliphatic hydroxyl groups is 1. The van der Waals surface area contributed by atoms with Crippen LogP contribution in [0.5, 0.6) is 0 Å². The lowest BCUT2D eigenvalue weighted by Crippen LogP contribution is -1.90. The van der Waals surface area contributed by atoms with Gasteiger partial charge in [-0.1, -0.05) is 30.4 Å². The molecule has 1 aliphatic rings. The lowest BCUT2D eigenvalue weighted by Gasteiger charge is -2.05. The minimum Gasteiger partial charge on any atom is -0.388 e. The van der Waals surface area contributed by atoms with Crippen LogP contribution in [0.3, 0.4) is 0 Å². The average molecular weight is 174 g/mol. The van der Waals surface area contributed by atoms with E-state index in [2.05, 4.69) is 12.6 Å². The number of fused-ring (bicyclic) bond motifs is 1. The molecular formula is C12H14O. The van der Waals surface area contributed by atoms with Crippen molar-refractivity contribution in [3.63, 3.8) is 0 Å². The summed E-state index contributed by atoms with van der Waals surface area (Å²) in [5.74, 6) is 0. The van der Waals surface area contributed by atoms with Crippen LogP contribution in [0.15, 0.2) is 24.8 Å². The van der Waals surface area contributed by atoms with E-state index >= 15 is 0 Å². The summed E-state index contributed by atoms with van der Waals surface area (Å²) in [5, 5.41) is 9.59. The van der Waals surface area contributed by atoms with Crippen molar-refractivity contribution in [2.45, 2.75) is 25.9 Å². The third kappa shape index (κ3) is 1.40. The van der Waals surface area contributed by atoms with Gasteiger partial charge in [-0.25, -0.2) is 0 Å². The van der Waals surface area contributed by atoms with Gasteiger partial charge < -0.3 is 5.11 Å². The van der Waals surface area contributed by atoms with Crippen LogP contribution in [-0.4, -0.2) is 5.11 Å². The molecule has 1 heteroatoms. The van der Waals surface area contributed by atoms with Crippen molar-refractivity contribution >= 4 is 5.57 Å². The third-order valence-corrected chi connectivity index (χ3v) is 2.68. The molecule has 1 unspecified atom stereocenters. The van der Waals surface area contributed by atoms with Gasteiger partial charge in [0.2, 0.25) is 0 Å². The maximum absolute atomic E-state index is 9.59. The van der Waals surface area contributed by atoms with E-state index in [1.165, 1.54) is 11.1 Å². The summed E-state index contributed by atoms with van der Waals surface area (Å²) in [6.45, 7) is 5.91. The van der Waals surface area contributed by atoms with Gasteiger partial charge in [-0.05, 0) is 36.5 Å². The van der Waals surface area contributed by atoms with E-state index in [0.717, 1.165) is 24.0 Å². The molecular weight excluding hydrogens is 160 g/mol. The van der Waals surface area contributed by atoms with Gasteiger partial charge in [-0.15, -0.1) is 0 Å². The van der Waals surface area contributed by atoms with Crippen molar-refractivity contribution < 1.29 is 5.11 Å². The zero-order valence-electron chi connectivity index (χ0n) is 7.88. The number of allylic oxidation sites excluding steroid dienone is 1. The van der Waals surface area contributed by atoms with Crippen LogP contribution in [0.1, 0.15) is 36.1 Å². The van der Waals surface area contributed by atoms with E-state index < -0.39 is 0 Å². The molecule has 0 saturated heterocycles. The van der Waals surface area contributed by atoms with Crippen LogP contribution in [-0.2, 0) is 6.42 Å². The SMILES string of the molecule is C=C(C)c1ccc2c(c1)CCC2O. The van der Waals surface area contributed by atoms with E-state index in [9.17, 15) is 5.11 Å². The summed E-state index contributed by atoms with van der Waals surface area (Å²) < 4.78 is 0. The number of hydrogen-bond acceptors (Lipinski definition) is 1.